The van der Waals surface area contributed by atoms with Crippen LogP contribution in [-0.4, -0.2) is 26.8 Å². The molecule has 0 spiro atoms. The Morgan fingerprint density at radius 1 is 1.33 bits per heavy atom. The first-order valence-electron chi connectivity index (χ1n) is 8.22. The monoisotopic (exact) mass is 353 g/mol. The molecule has 0 radical (unpaired) electrons. The number of hydrogen-bond acceptors (Lipinski definition) is 2. The average molecular weight is 354 g/mol. The van der Waals surface area contributed by atoms with Crippen molar-refractivity contribution in [1.82, 2.24) is 5.32 Å². The Balaban J connectivity index is 1.86. The van der Waals surface area contributed by atoms with Crippen LogP contribution in [0.3, 0.4) is 0 Å². The van der Waals surface area contributed by atoms with E-state index in [0.29, 0.717) is 0 Å². The molecule has 1 aromatic carbocycles. The minimum atomic E-state index is 0.735. The van der Waals surface area contributed by atoms with Crippen LogP contribution < -0.4 is 5.32 Å². The van der Waals surface area contributed by atoms with Crippen LogP contribution in [0.15, 0.2) is 28.7 Å². The Morgan fingerprint density at radius 2 is 2.14 bits per heavy atom. The number of halogens is 1. The zero-order valence-electron chi connectivity index (χ0n) is 13.1. The molecule has 0 aliphatic heterocycles. The van der Waals surface area contributed by atoms with Crippen LogP contribution in [0.25, 0.3) is 0 Å². The fraction of sp³-hybridized carbons (Fsp3) is 0.667. The van der Waals surface area contributed by atoms with E-state index in [2.05, 4.69) is 45.5 Å². The summed E-state index contributed by atoms with van der Waals surface area (Å²) in [5.74, 6) is 1.69. The Labute approximate surface area is 137 Å². The molecule has 0 saturated heterocycles. The molecule has 1 aliphatic rings. The molecule has 0 heterocycles. The summed E-state index contributed by atoms with van der Waals surface area (Å²) in [5, 5.41) is 3.56. The van der Waals surface area contributed by atoms with E-state index in [0.717, 1.165) is 31.5 Å². The van der Waals surface area contributed by atoms with Crippen molar-refractivity contribution in [2.24, 2.45) is 11.8 Å². The molecule has 0 aromatic heterocycles. The minimum absolute atomic E-state index is 0.735. The molecule has 1 saturated carbocycles. The summed E-state index contributed by atoms with van der Waals surface area (Å²) in [6.07, 6.45) is 8.29. The van der Waals surface area contributed by atoms with Gasteiger partial charge in [0, 0.05) is 18.1 Å². The topological polar surface area (TPSA) is 21.3 Å². The normalized spacial score (nSPS) is 17.2. The molecule has 3 heteroatoms. The predicted octanol–water partition coefficient (Wildman–Crippen LogP) is 4.42. The zero-order valence-corrected chi connectivity index (χ0v) is 14.7. The highest BCUT2D eigenvalue weighted by atomic mass is 79.9. The van der Waals surface area contributed by atoms with Gasteiger partial charge in [-0.1, -0.05) is 53.7 Å². The first-order chi connectivity index (χ1) is 10.3. The maximum Gasteiger partial charge on any atom is 0.0587 e. The van der Waals surface area contributed by atoms with E-state index in [9.17, 15) is 0 Å². The summed E-state index contributed by atoms with van der Waals surface area (Å²) in [7, 11) is 1.76. The first-order valence-corrected chi connectivity index (χ1v) is 9.01. The lowest BCUT2D eigenvalue weighted by molar-refractivity contribution is 0.196. The molecule has 1 atom stereocenters. The number of methoxy groups -OCH3 is 1. The van der Waals surface area contributed by atoms with Crippen molar-refractivity contribution >= 4 is 15.9 Å². The molecule has 2 rings (SSSR count). The Morgan fingerprint density at radius 3 is 2.86 bits per heavy atom. The highest BCUT2D eigenvalue weighted by Gasteiger charge is 2.20. The number of hydrogen-bond donors (Lipinski definition) is 1. The van der Waals surface area contributed by atoms with Crippen LogP contribution in [-0.2, 0) is 11.2 Å². The third-order valence-electron chi connectivity index (χ3n) is 4.47. The summed E-state index contributed by atoms with van der Waals surface area (Å²) >= 11 is 3.58. The predicted molar refractivity (Wildman–Crippen MR) is 92.7 cm³/mol. The third-order valence-corrected chi connectivity index (χ3v) is 4.96. The molecular formula is C18H28BrNO. The summed E-state index contributed by atoms with van der Waals surface area (Å²) in [5.41, 5.74) is 1.45. The molecule has 118 valence electrons. The van der Waals surface area contributed by atoms with Crippen molar-refractivity contribution in [3.05, 3.63) is 34.3 Å². The Hall–Kier alpha value is -0.380. The van der Waals surface area contributed by atoms with Gasteiger partial charge in [0.2, 0.25) is 0 Å². The smallest absolute Gasteiger partial charge is 0.0587 e. The van der Waals surface area contributed by atoms with Gasteiger partial charge in [0.05, 0.1) is 6.61 Å². The van der Waals surface area contributed by atoms with Gasteiger partial charge in [-0.25, -0.2) is 0 Å². The fourth-order valence-corrected chi connectivity index (χ4v) is 3.88. The number of nitrogens with one attached hydrogen (secondary N) is 1. The molecule has 1 aliphatic carbocycles. The quantitative estimate of drug-likeness (QED) is 0.663. The molecule has 0 amide bonds. The van der Waals surface area contributed by atoms with Gasteiger partial charge in [-0.15, -0.1) is 0 Å². The summed E-state index contributed by atoms with van der Waals surface area (Å²) < 4.78 is 6.31. The van der Waals surface area contributed by atoms with E-state index >= 15 is 0 Å². The lowest BCUT2D eigenvalue weighted by Crippen LogP contribution is -2.28. The van der Waals surface area contributed by atoms with Gasteiger partial charge in [0.25, 0.3) is 0 Å². The molecule has 21 heavy (non-hydrogen) atoms. The Kier molecular flexibility index (Phi) is 7.76. The van der Waals surface area contributed by atoms with E-state index < -0.39 is 0 Å². The highest BCUT2D eigenvalue weighted by Crippen LogP contribution is 2.31. The molecular weight excluding hydrogens is 326 g/mol. The summed E-state index contributed by atoms with van der Waals surface area (Å²) in [6, 6.07) is 8.76. The maximum absolute atomic E-state index is 5.12. The van der Waals surface area contributed by atoms with Gasteiger partial charge in [-0.2, -0.15) is 0 Å². The van der Waals surface area contributed by atoms with Crippen molar-refractivity contribution < 1.29 is 4.74 Å². The van der Waals surface area contributed by atoms with Crippen molar-refractivity contribution in [1.29, 1.82) is 0 Å². The van der Waals surface area contributed by atoms with Gasteiger partial charge >= 0.3 is 0 Å². The zero-order chi connectivity index (χ0) is 14.9. The second-order valence-electron chi connectivity index (χ2n) is 6.28. The van der Waals surface area contributed by atoms with E-state index in [4.69, 9.17) is 4.74 Å². The van der Waals surface area contributed by atoms with Crippen LogP contribution in [0, 0.1) is 11.8 Å². The first kappa shape index (κ1) is 17.0. The molecule has 1 aromatic rings. The van der Waals surface area contributed by atoms with Crippen LogP contribution in [0.5, 0.6) is 0 Å². The van der Waals surface area contributed by atoms with Gasteiger partial charge in [0.15, 0.2) is 0 Å². The Bertz CT molecular complexity index is 404. The maximum atomic E-state index is 5.12. The van der Waals surface area contributed by atoms with Crippen molar-refractivity contribution in [3.63, 3.8) is 0 Å². The second-order valence-corrected chi connectivity index (χ2v) is 7.20. The molecule has 1 fully saturated rings. The number of rotatable bonds is 9. The van der Waals surface area contributed by atoms with Gasteiger partial charge in [0.1, 0.15) is 0 Å². The van der Waals surface area contributed by atoms with E-state index in [-0.39, 0.29) is 0 Å². The fourth-order valence-electron chi connectivity index (χ4n) is 3.43. The van der Waals surface area contributed by atoms with Gasteiger partial charge in [-0.3, -0.25) is 0 Å². The average Bonchev–Trinajstić information content (AvgIpc) is 2.96. The lowest BCUT2D eigenvalue weighted by atomic mass is 9.88. The number of ether oxygens (including phenoxy) is 1. The van der Waals surface area contributed by atoms with E-state index in [1.165, 1.54) is 48.6 Å². The van der Waals surface area contributed by atoms with Crippen molar-refractivity contribution in [2.45, 2.75) is 38.5 Å². The van der Waals surface area contributed by atoms with Crippen molar-refractivity contribution in [2.75, 3.05) is 26.8 Å². The SMILES string of the molecule is COCCNCC(Cc1cccc(Br)c1)CC1CCCC1. The molecule has 1 N–H and O–H groups in total. The van der Waals surface area contributed by atoms with Gasteiger partial charge in [-0.05, 0) is 48.9 Å². The lowest BCUT2D eigenvalue weighted by Gasteiger charge is -2.21. The second kappa shape index (κ2) is 9.60. The highest BCUT2D eigenvalue weighted by molar-refractivity contribution is 9.10. The van der Waals surface area contributed by atoms with Crippen LogP contribution in [0.2, 0.25) is 0 Å². The number of benzene rings is 1. The molecule has 1 unspecified atom stereocenters. The summed E-state index contributed by atoms with van der Waals surface area (Å²) in [6.45, 7) is 2.86. The van der Waals surface area contributed by atoms with Gasteiger partial charge < -0.3 is 10.1 Å². The minimum Gasteiger partial charge on any atom is -0.383 e. The van der Waals surface area contributed by atoms with Crippen LogP contribution in [0.4, 0.5) is 0 Å². The van der Waals surface area contributed by atoms with Crippen molar-refractivity contribution in [3.8, 4) is 0 Å². The summed E-state index contributed by atoms with van der Waals surface area (Å²) in [4.78, 5) is 0. The molecule has 0 bridgehead atoms. The van der Waals surface area contributed by atoms with Crippen LogP contribution in [0.1, 0.15) is 37.7 Å². The largest absolute Gasteiger partial charge is 0.383 e. The van der Waals surface area contributed by atoms with E-state index in [1.54, 1.807) is 7.11 Å². The third kappa shape index (κ3) is 6.50. The van der Waals surface area contributed by atoms with E-state index in [1.807, 2.05) is 0 Å². The molecule has 2 nitrogen and oxygen atoms in total. The van der Waals surface area contributed by atoms with Crippen LogP contribution >= 0.6 is 15.9 Å². The standard InChI is InChI=1S/C18H28BrNO/c1-21-10-9-20-14-17(11-15-5-2-3-6-15)12-16-7-4-8-18(19)13-16/h4,7-8,13,15,17,20H,2-3,5-6,9-12,14H2,1H3.